The normalized spacial score (nSPS) is 16.9. The predicted octanol–water partition coefficient (Wildman–Crippen LogP) is 3.52. The number of furan rings is 1. The summed E-state index contributed by atoms with van der Waals surface area (Å²) < 4.78 is 16.5. The Morgan fingerprint density at radius 1 is 1.23 bits per heavy atom. The van der Waals surface area contributed by atoms with Crippen LogP contribution in [0.3, 0.4) is 0 Å². The van der Waals surface area contributed by atoms with Crippen LogP contribution in [0.25, 0.3) is 0 Å². The fourth-order valence-electron chi connectivity index (χ4n) is 3.37. The molecule has 0 aromatic carbocycles. The molecule has 8 heteroatoms. The number of methoxy groups -OCH3 is 1. The number of rotatable bonds is 3. The molecule has 0 radical (unpaired) electrons. The molecule has 0 aliphatic carbocycles. The smallest absolute Gasteiger partial charge is 0.242 e. The van der Waals surface area contributed by atoms with Gasteiger partial charge in [0.05, 0.1) is 19.2 Å². The molecule has 5 heterocycles. The molecule has 0 bridgehead atoms. The van der Waals surface area contributed by atoms with E-state index in [1.807, 2.05) is 0 Å². The van der Waals surface area contributed by atoms with E-state index in [1.54, 1.807) is 41.4 Å². The van der Waals surface area contributed by atoms with Crippen LogP contribution in [0.1, 0.15) is 22.9 Å². The molecule has 26 heavy (non-hydrogen) atoms. The van der Waals surface area contributed by atoms with E-state index >= 15 is 0 Å². The van der Waals surface area contributed by atoms with E-state index in [-0.39, 0.29) is 17.7 Å². The van der Waals surface area contributed by atoms with Crippen LogP contribution in [0, 0.1) is 0 Å². The van der Waals surface area contributed by atoms with E-state index in [0.717, 1.165) is 0 Å². The third kappa shape index (κ3) is 2.10. The lowest BCUT2D eigenvalue weighted by molar-refractivity contribution is -0.118. The minimum Gasteiger partial charge on any atom is -0.481 e. The second kappa shape index (κ2) is 5.47. The number of nitrogens with zero attached hydrogens (tertiary/aromatic N) is 3. The molecule has 1 atom stereocenters. The Labute approximate surface area is 153 Å². The van der Waals surface area contributed by atoms with Crippen molar-refractivity contribution < 1.29 is 18.7 Å². The van der Waals surface area contributed by atoms with E-state index in [0.29, 0.717) is 40.2 Å². The summed E-state index contributed by atoms with van der Waals surface area (Å²) in [7, 11) is 1.53. The second-order valence-corrected chi connectivity index (χ2v) is 6.32. The third-order valence-corrected chi connectivity index (χ3v) is 4.70. The Bertz CT molecular complexity index is 1050. The molecule has 130 valence electrons. The Balaban J connectivity index is 1.64. The molecule has 1 unspecified atom stereocenters. The number of pyridine rings is 2. The highest BCUT2D eigenvalue weighted by Crippen LogP contribution is 2.52. The number of hydrogen-bond acceptors (Lipinski definition) is 6. The highest BCUT2D eigenvalue weighted by molar-refractivity contribution is 6.28. The molecule has 0 fully saturated rings. The van der Waals surface area contributed by atoms with Crippen LogP contribution in [0.5, 0.6) is 17.4 Å². The van der Waals surface area contributed by atoms with Crippen molar-refractivity contribution in [1.82, 2.24) is 9.97 Å². The fourth-order valence-corrected chi connectivity index (χ4v) is 3.53. The van der Waals surface area contributed by atoms with E-state index < -0.39 is 5.92 Å². The molecule has 2 aliphatic rings. The van der Waals surface area contributed by atoms with Gasteiger partial charge in [-0.3, -0.25) is 9.69 Å². The summed E-state index contributed by atoms with van der Waals surface area (Å²) in [6.07, 6.45) is 1.62. The molecule has 1 amide bonds. The van der Waals surface area contributed by atoms with Gasteiger partial charge in [0.15, 0.2) is 5.22 Å². The minimum absolute atomic E-state index is 0.141. The Morgan fingerprint density at radius 2 is 2.12 bits per heavy atom. The first-order chi connectivity index (χ1) is 12.7. The number of ether oxygens (including phenoxy) is 2. The highest BCUT2D eigenvalue weighted by atomic mass is 35.5. The van der Waals surface area contributed by atoms with Gasteiger partial charge in [-0.2, -0.15) is 0 Å². The van der Waals surface area contributed by atoms with Gasteiger partial charge in [-0.05, 0) is 35.9 Å². The lowest BCUT2D eigenvalue weighted by Crippen LogP contribution is -2.29. The SMILES string of the molecule is COc1ccc2c(n1)C1C(=O)N(Cc3ccc(Cl)o3)c3nccc(c31)O2. The molecule has 2 aliphatic heterocycles. The first kappa shape index (κ1) is 15.2. The number of anilines is 1. The highest BCUT2D eigenvalue weighted by Gasteiger charge is 2.46. The van der Waals surface area contributed by atoms with E-state index in [1.165, 1.54) is 7.11 Å². The molecule has 3 aromatic rings. The van der Waals surface area contributed by atoms with Crippen molar-refractivity contribution in [1.29, 1.82) is 0 Å². The van der Waals surface area contributed by atoms with Gasteiger partial charge in [-0.25, -0.2) is 9.97 Å². The summed E-state index contributed by atoms with van der Waals surface area (Å²) in [5, 5.41) is 0.273. The average molecular weight is 370 g/mol. The van der Waals surface area contributed by atoms with Gasteiger partial charge in [0, 0.05) is 12.3 Å². The van der Waals surface area contributed by atoms with Gasteiger partial charge >= 0.3 is 0 Å². The number of amides is 1. The Kier molecular flexibility index (Phi) is 3.20. The van der Waals surface area contributed by atoms with Gasteiger partial charge in [-0.15, -0.1) is 0 Å². The largest absolute Gasteiger partial charge is 0.481 e. The van der Waals surface area contributed by atoms with Crippen LogP contribution >= 0.6 is 11.6 Å². The average Bonchev–Trinajstić information content (AvgIpc) is 3.19. The molecule has 5 rings (SSSR count). The van der Waals surface area contributed by atoms with Crippen molar-refractivity contribution in [2.75, 3.05) is 12.0 Å². The van der Waals surface area contributed by atoms with Gasteiger partial charge in [-0.1, -0.05) is 0 Å². The Hall–Kier alpha value is -3.06. The van der Waals surface area contributed by atoms with E-state index in [4.69, 9.17) is 25.5 Å². The maximum Gasteiger partial charge on any atom is 0.242 e. The van der Waals surface area contributed by atoms with E-state index in [2.05, 4.69) is 9.97 Å². The maximum absolute atomic E-state index is 13.2. The number of carbonyl (C=O) groups excluding carboxylic acids is 1. The van der Waals surface area contributed by atoms with Gasteiger partial charge in [0.25, 0.3) is 0 Å². The summed E-state index contributed by atoms with van der Waals surface area (Å²) in [5.74, 6) is 1.95. The van der Waals surface area contributed by atoms with Gasteiger partial charge < -0.3 is 13.9 Å². The van der Waals surface area contributed by atoms with Crippen molar-refractivity contribution in [3.05, 3.63) is 58.8 Å². The van der Waals surface area contributed by atoms with Crippen LogP contribution in [0.2, 0.25) is 5.22 Å². The van der Waals surface area contributed by atoms with Crippen LogP contribution < -0.4 is 14.4 Å². The standard InChI is InChI=1S/C18H12ClN3O4/c1-24-13-5-3-11-16(21-13)15-14-10(26-11)6-7-20-17(14)22(18(15)23)8-9-2-4-12(19)25-9/h2-7,15H,8H2,1H3. The fraction of sp³-hybridized carbons (Fsp3) is 0.167. The topological polar surface area (TPSA) is 77.7 Å². The zero-order valence-electron chi connectivity index (χ0n) is 13.6. The summed E-state index contributed by atoms with van der Waals surface area (Å²) in [5.41, 5.74) is 1.24. The van der Waals surface area contributed by atoms with Crippen molar-refractivity contribution in [2.45, 2.75) is 12.5 Å². The zero-order valence-corrected chi connectivity index (χ0v) is 14.4. The number of carbonyl (C=O) groups is 1. The lowest BCUT2D eigenvalue weighted by atomic mass is 9.94. The van der Waals surface area contributed by atoms with Crippen molar-refractivity contribution >= 4 is 23.3 Å². The van der Waals surface area contributed by atoms with Crippen LogP contribution in [-0.4, -0.2) is 23.0 Å². The van der Waals surface area contributed by atoms with E-state index in [9.17, 15) is 4.79 Å². The number of fused-ring (bicyclic) bond motifs is 2. The zero-order chi connectivity index (χ0) is 17.8. The number of aromatic nitrogens is 2. The second-order valence-electron chi connectivity index (χ2n) is 5.95. The van der Waals surface area contributed by atoms with Gasteiger partial charge in [0.1, 0.15) is 34.7 Å². The molecular weight excluding hydrogens is 358 g/mol. The monoisotopic (exact) mass is 369 g/mol. The predicted molar refractivity (Wildman–Crippen MR) is 91.9 cm³/mol. The van der Waals surface area contributed by atoms with Crippen LogP contribution in [-0.2, 0) is 11.3 Å². The first-order valence-electron chi connectivity index (χ1n) is 7.93. The molecule has 7 nitrogen and oxygen atoms in total. The number of hydrogen-bond donors (Lipinski definition) is 0. The first-order valence-corrected chi connectivity index (χ1v) is 8.31. The van der Waals surface area contributed by atoms with Crippen molar-refractivity contribution in [3.8, 4) is 17.4 Å². The van der Waals surface area contributed by atoms with Crippen molar-refractivity contribution in [3.63, 3.8) is 0 Å². The molecule has 0 N–H and O–H groups in total. The number of halogens is 1. The Morgan fingerprint density at radius 3 is 2.88 bits per heavy atom. The quantitative estimate of drug-likeness (QED) is 0.703. The third-order valence-electron chi connectivity index (χ3n) is 4.49. The molecule has 0 saturated carbocycles. The molecule has 3 aromatic heterocycles. The summed E-state index contributed by atoms with van der Waals surface area (Å²) in [6, 6.07) is 8.58. The van der Waals surface area contributed by atoms with Crippen LogP contribution in [0.4, 0.5) is 5.82 Å². The van der Waals surface area contributed by atoms with Gasteiger partial charge in [0.2, 0.25) is 11.8 Å². The molecule has 0 saturated heterocycles. The minimum atomic E-state index is -0.585. The van der Waals surface area contributed by atoms with Crippen molar-refractivity contribution in [2.24, 2.45) is 0 Å². The van der Waals surface area contributed by atoms with Crippen LogP contribution in [0.15, 0.2) is 40.9 Å². The summed E-state index contributed by atoms with van der Waals surface area (Å²) in [4.78, 5) is 23.6. The lowest BCUT2D eigenvalue weighted by Gasteiger charge is -2.22. The molecular formula is C18H12ClN3O4. The summed E-state index contributed by atoms with van der Waals surface area (Å²) >= 11 is 5.84. The summed E-state index contributed by atoms with van der Waals surface area (Å²) in [6.45, 7) is 0.227. The maximum atomic E-state index is 13.2. The molecule has 0 spiro atoms.